The SMILES string of the molecule is C#CCN(C)C(=O)c1onc(-c2ccc(F)cc2)c1[C@H](C)O. The molecule has 1 atom stereocenters. The fourth-order valence-corrected chi connectivity index (χ4v) is 2.04. The number of hydrogen-bond donors (Lipinski definition) is 1. The van der Waals surface area contributed by atoms with Crippen LogP contribution in [-0.2, 0) is 0 Å². The molecule has 1 aromatic heterocycles. The van der Waals surface area contributed by atoms with Crippen molar-refractivity contribution >= 4 is 5.91 Å². The molecule has 2 aromatic rings. The van der Waals surface area contributed by atoms with Gasteiger partial charge in [-0.3, -0.25) is 4.79 Å². The first kappa shape index (κ1) is 15.7. The van der Waals surface area contributed by atoms with Crippen LogP contribution >= 0.6 is 0 Å². The van der Waals surface area contributed by atoms with Crippen LogP contribution in [0.2, 0.25) is 0 Å². The number of aromatic nitrogens is 1. The second kappa shape index (κ2) is 6.41. The van der Waals surface area contributed by atoms with Gasteiger partial charge in [-0.1, -0.05) is 11.1 Å². The molecular formula is C16H15FN2O3. The van der Waals surface area contributed by atoms with Crippen molar-refractivity contribution in [3.05, 3.63) is 41.4 Å². The van der Waals surface area contributed by atoms with Gasteiger partial charge in [0.15, 0.2) is 0 Å². The molecule has 2 rings (SSSR count). The summed E-state index contributed by atoms with van der Waals surface area (Å²) < 4.78 is 18.1. The molecule has 0 aliphatic rings. The van der Waals surface area contributed by atoms with E-state index in [1.54, 1.807) is 0 Å². The van der Waals surface area contributed by atoms with Gasteiger partial charge in [-0.2, -0.15) is 0 Å². The molecule has 1 aromatic carbocycles. The maximum absolute atomic E-state index is 13.0. The Morgan fingerprint density at radius 1 is 1.50 bits per heavy atom. The van der Waals surface area contributed by atoms with E-state index in [4.69, 9.17) is 10.9 Å². The summed E-state index contributed by atoms with van der Waals surface area (Å²) >= 11 is 0. The Hall–Kier alpha value is -2.65. The van der Waals surface area contributed by atoms with E-state index in [9.17, 15) is 14.3 Å². The second-order valence-electron chi connectivity index (χ2n) is 4.82. The standard InChI is InChI=1S/C16H15FN2O3/c1-4-9-19(3)16(21)15-13(10(2)20)14(18-22-15)11-5-7-12(17)8-6-11/h1,5-8,10,20H,9H2,2-3H3/t10-/m0/s1. The lowest BCUT2D eigenvalue weighted by molar-refractivity contribution is 0.0763. The molecule has 0 bridgehead atoms. The Balaban J connectivity index is 2.48. The summed E-state index contributed by atoms with van der Waals surface area (Å²) in [4.78, 5) is 13.6. The lowest BCUT2D eigenvalue weighted by atomic mass is 10.0. The van der Waals surface area contributed by atoms with Gasteiger partial charge >= 0.3 is 0 Å². The summed E-state index contributed by atoms with van der Waals surface area (Å²) in [6.45, 7) is 1.60. The molecule has 0 aliphatic carbocycles. The van der Waals surface area contributed by atoms with Crippen molar-refractivity contribution in [2.45, 2.75) is 13.0 Å². The minimum absolute atomic E-state index is 0.0768. The van der Waals surface area contributed by atoms with Gasteiger partial charge in [0.05, 0.1) is 18.2 Å². The Labute approximate surface area is 127 Å². The third-order valence-electron chi connectivity index (χ3n) is 3.13. The molecule has 0 radical (unpaired) electrons. The molecule has 0 aliphatic heterocycles. The first-order chi connectivity index (χ1) is 10.5. The van der Waals surface area contributed by atoms with E-state index in [0.29, 0.717) is 11.3 Å². The normalized spacial score (nSPS) is 11.8. The van der Waals surface area contributed by atoms with Crippen LogP contribution in [0.3, 0.4) is 0 Å². The summed E-state index contributed by atoms with van der Waals surface area (Å²) in [7, 11) is 1.52. The summed E-state index contributed by atoms with van der Waals surface area (Å²) in [5.41, 5.74) is 1.09. The molecular weight excluding hydrogens is 287 g/mol. The highest BCUT2D eigenvalue weighted by atomic mass is 19.1. The van der Waals surface area contributed by atoms with Crippen LogP contribution in [0.25, 0.3) is 11.3 Å². The zero-order valence-electron chi connectivity index (χ0n) is 12.2. The van der Waals surface area contributed by atoms with Crippen molar-refractivity contribution in [1.29, 1.82) is 0 Å². The number of benzene rings is 1. The highest BCUT2D eigenvalue weighted by molar-refractivity contribution is 5.94. The quantitative estimate of drug-likeness (QED) is 0.880. The number of hydrogen-bond acceptors (Lipinski definition) is 4. The Kier molecular flexibility index (Phi) is 4.59. The molecule has 0 unspecified atom stereocenters. The van der Waals surface area contributed by atoms with E-state index in [0.717, 1.165) is 0 Å². The maximum atomic E-state index is 13.0. The van der Waals surface area contributed by atoms with Gasteiger partial charge in [0.25, 0.3) is 5.91 Å². The zero-order valence-corrected chi connectivity index (χ0v) is 12.2. The maximum Gasteiger partial charge on any atom is 0.293 e. The van der Waals surface area contributed by atoms with E-state index < -0.39 is 17.8 Å². The molecule has 6 heteroatoms. The van der Waals surface area contributed by atoms with Crippen molar-refractivity contribution in [2.75, 3.05) is 13.6 Å². The number of nitrogens with zero attached hydrogens (tertiary/aromatic N) is 2. The number of aliphatic hydroxyl groups is 1. The predicted octanol–water partition coefficient (Wildman–Crippen LogP) is 2.24. The lowest BCUT2D eigenvalue weighted by Gasteiger charge is -2.13. The van der Waals surface area contributed by atoms with E-state index in [1.807, 2.05) is 0 Å². The highest BCUT2D eigenvalue weighted by Crippen LogP contribution is 2.31. The molecule has 0 spiro atoms. The lowest BCUT2D eigenvalue weighted by Crippen LogP contribution is -2.27. The van der Waals surface area contributed by atoms with Crippen molar-refractivity contribution < 1.29 is 18.8 Å². The number of rotatable bonds is 4. The molecule has 22 heavy (non-hydrogen) atoms. The summed E-state index contributed by atoms with van der Waals surface area (Å²) in [6, 6.07) is 5.53. The Morgan fingerprint density at radius 2 is 2.14 bits per heavy atom. The van der Waals surface area contributed by atoms with Crippen molar-refractivity contribution in [2.24, 2.45) is 0 Å². The number of terminal acetylenes is 1. The molecule has 0 saturated carbocycles. The van der Waals surface area contributed by atoms with Crippen molar-refractivity contribution in [3.63, 3.8) is 0 Å². The van der Waals surface area contributed by atoms with Gasteiger partial charge in [0.2, 0.25) is 5.76 Å². The van der Waals surface area contributed by atoms with Crippen LogP contribution in [0.1, 0.15) is 29.1 Å². The molecule has 5 nitrogen and oxygen atoms in total. The molecule has 1 heterocycles. The predicted molar refractivity (Wildman–Crippen MR) is 78.3 cm³/mol. The molecule has 114 valence electrons. The first-order valence-electron chi connectivity index (χ1n) is 6.58. The fraction of sp³-hybridized carbons (Fsp3) is 0.250. The van der Waals surface area contributed by atoms with Gasteiger partial charge in [-0.25, -0.2) is 4.39 Å². The van der Waals surface area contributed by atoms with Gasteiger partial charge < -0.3 is 14.5 Å². The van der Waals surface area contributed by atoms with Crippen LogP contribution in [-0.4, -0.2) is 34.7 Å². The average Bonchev–Trinajstić information content (AvgIpc) is 2.92. The average molecular weight is 302 g/mol. The molecule has 0 saturated heterocycles. The van der Waals surface area contributed by atoms with Crippen LogP contribution in [0.15, 0.2) is 28.8 Å². The minimum Gasteiger partial charge on any atom is -0.388 e. The summed E-state index contributed by atoms with van der Waals surface area (Å²) in [5.74, 6) is 1.40. The number of halogens is 1. The Morgan fingerprint density at radius 3 is 2.68 bits per heavy atom. The minimum atomic E-state index is -0.982. The zero-order chi connectivity index (χ0) is 16.3. The first-order valence-corrected chi connectivity index (χ1v) is 6.58. The summed E-state index contributed by atoms with van der Waals surface area (Å²) in [5, 5.41) is 13.8. The van der Waals surface area contributed by atoms with Gasteiger partial charge in [0.1, 0.15) is 11.5 Å². The fourth-order valence-electron chi connectivity index (χ4n) is 2.04. The van der Waals surface area contributed by atoms with Gasteiger partial charge in [0, 0.05) is 12.6 Å². The number of amides is 1. The number of carbonyl (C=O) groups excluding carboxylic acids is 1. The van der Waals surface area contributed by atoms with Crippen LogP contribution in [0.5, 0.6) is 0 Å². The van der Waals surface area contributed by atoms with E-state index in [-0.39, 0.29) is 17.9 Å². The number of aliphatic hydroxyl groups excluding tert-OH is 1. The van der Waals surface area contributed by atoms with Gasteiger partial charge in [-0.15, -0.1) is 6.42 Å². The molecule has 0 fully saturated rings. The number of carbonyl (C=O) groups is 1. The van der Waals surface area contributed by atoms with E-state index >= 15 is 0 Å². The van der Waals surface area contributed by atoms with Crippen LogP contribution < -0.4 is 0 Å². The smallest absolute Gasteiger partial charge is 0.293 e. The topological polar surface area (TPSA) is 66.6 Å². The van der Waals surface area contributed by atoms with Crippen LogP contribution in [0.4, 0.5) is 4.39 Å². The van der Waals surface area contributed by atoms with Crippen molar-refractivity contribution in [1.82, 2.24) is 10.1 Å². The third-order valence-corrected chi connectivity index (χ3v) is 3.13. The third kappa shape index (κ3) is 3.00. The Bertz CT molecular complexity index is 714. The van der Waals surface area contributed by atoms with Crippen molar-refractivity contribution in [3.8, 4) is 23.6 Å². The van der Waals surface area contributed by atoms with Gasteiger partial charge in [-0.05, 0) is 31.2 Å². The highest BCUT2D eigenvalue weighted by Gasteiger charge is 2.28. The molecule has 1 N–H and O–H groups in total. The van der Waals surface area contributed by atoms with Crippen LogP contribution in [0, 0.1) is 18.2 Å². The monoisotopic (exact) mass is 302 g/mol. The van der Waals surface area contributed by atoms with E-state index in [2.05, 4.69) is 11.1 Å². The molecule has 1 amide bonds. The summed E-state index contributed by atoms with van der Waals surface area (Å²) in [6.07, 6.45) is 4.20. The van der Waals surface area contributed by atoms with E-state index in [1.165, 1.54) is 43.1 Å². The second-order valence-corrected chi connectivity index (χ2v) is 4.82. The largest absolute Gasteiger partial charge is 0.388 e.